The van der Waals surface area contributed by atoms with E-state index in [4.69, 9.17) is 9.47 Å². The molecular weight excluding hydrogens is 366 g/mol. The van der Waals surface area contributed by atoms with Crippen molar-refractivity contribution in [2.75, 3.05) is 14.2 Å². The van der Waals surface area contributed by atoms with Crippen LogP contribution in [0.1, 0.15) is 48.2 Å². The van der Waals surface area contributed by atoms with Crippen LogP contribution < -0.4 is 20.1 Å². The van der Waals surface area contributed by atoms with E-state index in [1.165, 1.54) is 18.4 Å². The summed E-state index contributed by atoms with van der Waals surface area (Å²) in [5.41, 5.74) is 4.49. The van der Waals surface area contributed by atoms with Gasteiger partial charge in [-0.05, 0) is 51.7 Å². The molecule has 7 heteroatoms. The van der Waals surface area contributed by atoms with E-state index < -0.39 is 0 Å². The Hall–Kier alpha value is -2.70. The van der Waals surface area contributed by atoms with E-state index in [0.717, 1.165) is 47.3 Å². The first-order valence-electron chi connectivity index (χ1n) is 10.3. The molecule has 1 aliphatic rings. The fourth-order valence-electron chi connectivity index (χ4n) is 3.75. The molecule has 7 nitrogen and oxygen atoms in total. The first-order valence-corrected chi connectivity index (χ1v) is 10.3. The smallest absolute Gasteiger partial charge is 0.191 e. The molecule has 2 N–H and O–H groups in total. The lowest BCUT2D eigenvalue weighted by Gasteiger charge is -2.19. The number of benzene rings is 1. The third-order valence-electron chi connectivity index (χ3n) is 5.63. The molecule has 1 aliphatic carbocycles. The number of guanidine groups is 1. The Morgan fingerprint density at radius 3 is 2.55 bits per heavy atom. The maximum Gasteiger partial charge on any atom is 0.191 e. The van der Waals surface area contributed by atoms with Gasteiger partial charge >= 0.3 is 0 Å². The van der Waals surface area contributed by atoms with E-state index in [1.54, 1.807) is 14.2 Å². The number of aromatic nitrogens is 2. The van der Waals surface area contributed by atoms with Crippen LogP contribution in [0.3, 0.4) is 0 Å². The minimum absolute atomic E-state index is 0.301. The van der Waals surface area contributed by atoms with Crippen molar-refractivity contribution in [1.29, 1.82) is 0 Å². The Labute approximate surface area is 173 Å². The molecule has 1 saturated carbocycles. The van der Waals surface area contributed by atoms with Crippen LogP contribution >= 0.6 is 0 Å². The third kappa shape index (κ3) is 5.22. The molecule has 29 heavy (non-hydrogen) atoms. The fourth-order valence-corrected chi connectivity index (χ4v) is 3.75. The second kappa shape index (κ2) is 9.67. The van der Waals surface area contributed by atoms with Gasteiger partial charge in [-0.15, -0.1) is 0 Å². The number of nitrogens with one attached hydrogen (secondary N) is 2. The van der Waals surface area contributed by atoms with Crippen molar-refractivity contribution in [3.63, 3.8) is 0 Å². The van der Waals surface area contributed by atoms with Crippen LogP contribution in [-0.4, -0.2) is 36.0 Å². The van der Waals surface area contributed by atoms with E-state index in [2.05, 4.69) is 33.7 Å². The van der Waals surface area contributed by atoms with E-state index in [1.807, 2.05) is 30.8 Å². The molecular formula is C22H33N5O2. The van der Waals surface area contributed by atoms with Gasteiger partial charge in [0.2, 0.25) is 0 Å². The summed E-state index contributed by atoms with van der Waals surface area (Å²) >= 11 is 0. The molecule has 0 radical (unpaired) electrons. The average molecular weight is 400 g/mol. The Bertz CT molecular complexity index is 853. The summed E-state index contributed by atoms with van der Waals surface area (Å²) in [5.74, 6) is 2.44. The molecule has 3 rings (SSSR count). The highest BCUT2D eigenvalue weighted by Crippen LogP contribution is 2.30. The molecule has 1 fully saturated rings. The van der Waals surface area contributed by atoms with E-state index in [-0.39, 0.29) is 0 Å². The minimum atomic E-state index is 0.301. The van der Waals surface area contributed by atoms with Crippen molar-refractivity contribution in [2.24, 2.45) is 12.0 Å². The summed E-state index contributed by atoms with van der Waals surface area (Å²) in [4.78, 5) is 4.35. The topological polar surface area (TPSA) is 72.7 Å². The largest absolute Gasteiger partial charge is 0.497 e. The number of rotatable bonds is 7. The normalized spacial score (nSPS) is 14.9. The Balaban J connectivity index is 1.63. The van der Waals surface area contributed by atoms with Gasteiger partial charge in [0.05, 0.1) is 18.9 Å². The molecule has 1 aromatic heterocycles. The van der Waals surface area contributed by atoms with Gasteiger partial charge in [-0.3, -0.25) is 9.67 Å². The molecule has 1 heterocycles. The SMILES string of the molecule is CN=C(NCc1ccc(OC)cc1OC1CCCC1)NCc1c(C)nn(C)c1C. The third-order valence-corrected chi connectivity index (χ3v) is 5.63. The van der Waals surface area contributed by atoms with E-state index in [9.17, 15) is 0 Å². The van der Waals surface area contributed by atoms with Crippen LogP contribution in [0, 0.1) is 13.8 Å². The van der Waals surface area contributed by atoms with Gasteiger partial charge in [0.15, 0.2) is 5.96 Å². The van der Waals surface area contributed by atoms with Crippen molar-refractivity contribution in [1.82, 2.24) is 20.4 Å². The lowest BCUT2D eigenvalue weighted by molar-refractivity contribution is 0.207. The predicted molar refractivity (Wildman–Crippen MR) is 116 cm³/mol. The number of hydrogen-bond donors (Lipinski definition) is 2. The monoisotopic (exact) mass is 399 g/mol. The van der Waals surface area contributed by atoms with Crippen molar-refractivity contribution in [3.05, 3.63) is 40.7 Å². The zero-order chi connectivity index (χ0) is 20.8. The van der Waals surface area contributed by atoms with Crippen molar-refractivity contribution in [2.45, 2.75) is 58.7 Å². The Kier molecular flexibility index (Phi) is 7.01. The zero-order valence-corrected chi connectivity index (χ0v) is 18.2. The molecule has 0 unspecified atom stereocenters. The maximum atomic E-state index is 6.29. The van der Waals surface area contributed by atoms with Crippen LogP contribution in [0.5, 0.6) is 11.5 Å². The predicted octanol–water partition coefficient (Wildman–Crippen LogP) is 3.23. The summed E-state index contributed by atoms with van der Waals surface area (Å²) in [5, 5.41) is 11.3. The molecule has 0 spiro atoms. The van der Waals surface area contributed by atoms with Gasteiger partial charge in [-0.2, -0.15) is 5.10 Å². The van der Waals surface area contributed by atoms with E-state index in [0.29, 0.717) is 19.2 Å². The van der Waals surface area contributed by atoms with Gasteiger partial charge in [0.25, 0.3) is 0 Å². The number of nitrogens with zero attached hydrogens (tertiary/aromatic N) is 3. The molecule has 0 amide bonds. The van der Waals surface area contributed by atoms with Crippen LogP contribution in [0.2, 0.25) is 0 Å². The van der Waals surface area contributed by atoms with E-state index >= 15 is 0 Å². The summed E-state index contributed by atoms with van der Waals surface area (Å²) < 4.78 is 13.6. The molecule has 0 atom stereocenters. The van der Waals surface area contributed by atoms with Crippen molar-refractivity contribution in [3.8, 4) is 11.5 Å². The van der Waals surface area contributed by atoms with Gasteiger partial charge < -0.3 is 20.1 Å². The summed E-state index contributed by atoms with van der Waals surface area (Å²) in [6.45, 7) is 5.41. The fraction of sp³-hybridized carbons (Fsp3) is 0.545. The number of aryl methyl sites for hydroxylation is 2. The highest BCUT2D eigenvalue weighted by Gasteiger charge is 2.18. The molecule has 0 bridgehead atoms. The zero-order valence-electron chi connectivity index (χ0n) is 18.2. The highest BCUT2D eigenvalue weighted by atomic mass is 16.5. The van der Waals surface area contributed by atoms with Crippen LogP contribution in [0.15, 0.2) is 23.2 Å². The summed E-state index contributed by atoms with van der Waals surface area (Å²) in [7, 11) is 5.43. The Morgan fingerprint density at radius 1 is 1.21 bits per heavy atom. The van der Waals surface area contributed by atoms with Crippen molar-refractivity contribution >= 4 is 5.96 Å². The lowest BCUT2D eigenvalue weighted by atomic mass is 10.1. The minimum Gasteiger partial charge on any atom is -0.497 e. The first kappa shape index (κ1) is 21.0. The molecule has 0 saturated heterocycles. The summed E-state index contributed by atoms with van der Waals surface area (Å²) in [6.07, 6.45) is 5.03. The molecule has 158 valence electrons. The lowest BCUT2D eigenvalue weighted by Crippen LogP contribution is -2.36. The highest BCUT2D eigenvalue weighted by molar-refractivity contribution is 5.79. The van der Waals surface area contributed by atoms with Crippen LogP contribution in [0.4, 0.5) is 0 Å². The maximum absolute atomic E-state index is 6.29. The average Bonchev–Trinajstić information content (AvgIpc) is 3.31. The van der Waals surface area contributed by atoms with Gasteiger partial charge in [0, 0.05) is 50.1 Å². The quantitative estimate of drug-likeness (QED) is 0.552. The Morgan fingerprint density at radius 2 is 1.93 bits per heavy atom. The van der Waals surface area contributed by atoms with Crippen LogP contribution in [-0.2, 0) is 20.1 Å². The number of ether oxygens (including phenoxy) is 2. The molecule has 1 aromatic carbocycles. The number of hydrogen-bond acceptors (Lipinski definition) is 4. The summed E-state index contributed by atoms with van der Waals surface area (Å²) in [6, 6.07) is 6.00. The van der Waals surface area contributed by atoms with Gasteiger partial charge in [-0.25, -0.2) is 0 Å². The molecule has 2 aromatic rings. The van der Waals surface area contributed by atoms with Gasteiger partial charge in [-0.1, -0.05) is 0 Å². The first-order chi connectivity index (χ1) is 14.0. The second-order valence-electron chi connectivity index (χ2n) is 7.55. The number of methoxy groups -OCH3 is 1. The molecule has 0 aliphatic heterocycles. The second-order valence-corrected chi connectivity index (χ2v) is 7.55. The van der Waals surface area contributed by atoms with Crippen molar-refractivity contribution < 1.29 is 9.47 Å². The van der Waals surface area contributed by atoms with Gasteiger partial charge in [0.1, 0.15) is 11.5 Å². The number of aliphatic imine (C=N–C) groups is 1. The van der Waals surface area contributed by atoms with Crippen LogP contribution in [0.25, 0.3) is 0 Å². The standard InChI is InChI=1S/C22H33N5O2/c1-15-20(16(2)27(4)26-15)14-25-22(23-3)24-13-17-10-11-19(28-5)12-21(17)29-18-8-6-7-9-18/h10-12,18H,6-9,13-14H2,1-5H3,(H2,23,24,25).